The lowest BCUT2D eigenvalue weighted by Gasteiger charge is -2.17. The van der Waals surface area contributed by atoms with E-state index in [0.29, 0.717) is 11.4 Å². The molecule has 2 N–H and O–H groups in total. The van der Waals surface area contributed by atoms with Gasteiger partial charge in [0, 0.05) is 16.6 Å². The van der Waals surface area contributed by atoms with Crippen LogP contribution in [-0.4, -0.2) is 14.2 Å². The van der Waals surface area contributed by atoms with E-state index in [1.165, 1.54) is 0 Å². The largest absolute Gasteiger partial charge is 0.496 e. The highest BCUT2D eigenvalue weighted by Crippen LogP contribution is 2.30. The lowest BCUT2D eigenvalue weighted by atomic mass is 9.98. The van der Waals surface area contributed by atoms with Crippen LogP contribution in [0.4, 0.5) is 0 Å². The van der Waals surface area contributed by atoms with Crippen molar-refractivity contribution in [3.8, 4) is 11.5 Å². The van der Waals surface area contributed by atoms with Crippen LogP contribution in [0.1, 0.15) is 17.2 Å². The van der Waals surface area contributed by atoms with Gasteiger partial charge in [-0.15, -0.1) is 0 Å². The van der Waals surface area contributed by atoms with E-state index < -0.39 is 0 Å². The summed E-state index contributed by atoms with van der Waals surface area (Å²) in [4.78, 5) is 0. The van der Waals surface area contributed by atoms with Crippen LogP contribution in [0.5, 0.6) is 11.5 Å². The molecule has 0 aromatic heterocycles. The Balaban J connectivity index is 2.28. The average Bonchev–Trinajstić information content (AvgIpc) is 2.47. The van der Waals surface area contributed by atoms with Gasteiger partial charge >= 0.3 is 0 Å². The monoisotopic (exact) mass is 291 g/mol. The Hall–Kier alpha value is -1.71. The van der Waals surface area contributed by atoms with Gasteiger partial charge < -0.3 is 15.2 Å². The van der Waals surface area contributed by atoms with Crippen LogP contribution < -0.4 is 15.2 Å². The standard InChI is InChI=1S/C16H18ClNO2/c1-19-15-6-4-3-5-11(15)9-14(18)13-10-12(17)7-8-16(13)20-2/h3-8,10,14H,9,18H2,1-2H3. The molecule has 0 radical (unpaired) electrons. The maximum absolute atomic E-state index is 6.30. The zero-order valence-electron chi connectivity index (χ0n) is 11.6. The van der Waals surface area contributed by atoms with E-state index in [2.05, 4.69) is 0 Å². The first-order chi connectivity index (χ1) is 9.65. The van der Waals surface area contributed by atoms with Gasteiger partial charge in [0.1, 0.15) is 11.5 Å². The van der Waals surface area contributed by atoms with Crippen molar-refractivity contribution in [2.75, 3.05) is 14.2 Å². The first-order valence-corrected chi connectivity index (χ1v) is 6.74. The molecule has 0 fully saturated rings. The maximum atomic E-state index is 6.30. The van der Waals surface area contributed by atoms with Crippen LogP contribution in [0.15, 0.2) is 42.5 Å². The first-order valence-electron chi connectivity index (χ1n) is 6.36. The van der Waals surface area contributed by atoms with Crippen LogP contribution in [0.3, 0.4) is 0 Å². The van der Waals surface area contributed by atoms with E-state index in [-0.39, 0.29) is 6.04 Å². The van der Waals surface area contributed by atoms with Gasteiger partial charge in [0.25, 0.3) is 0 Å². The van der Waals surface area contributed by atoms with Crippen molar-refractivity contribution in [3.05, 3.63) is 58.6 Å². The highest BCUT2D eigenvalue weighted by Gasteiger charge is 2.15. The summed E-state index contributed by atoms with van der Waals surface area (Å²) in [5, 5.41) is 0.649. The summed E-state index contributed by atoms with van der Waals surface area (Å²) in [6.45, 7) is 0. The smallest absolute Gasteiger partial charge is 0.123 e. The minimum Gasteiger partial charge on any atom is -0.496 e. The van der Waals surface area contributed by atoms with Crippen LogP contribution >= 0.6 is 11.6 Å². The Kier molecular flexibility index (Phi) is 4.88. The molecule has 0 aliphatic carbocycles. The fourth-order valence-electron chi connectivity index (χ4n) is 2.21. The van der Waals surface area contributed by atoms with Gasteiger partial charge in [-0.05, 0) is 36.2 Å². The molecule has 0 spiro atoms. The highest BCUT2D eigenvalue weighted by atomic mass is 35.5. The summed E-state index contributed by atoms with van der Waals surface area (Å²) in [5.41, 5.74) is 8.26. The quantitative estimate of drug-likeness (QED) is 0.915. The molecule has 1 atom stereocenters. The van der Waals surface area contributed by atoms with E-state index >= 15 is 0 Å². The molecule has 0 heterocycles. The molecule has 0 saturated carbocycles. The third kappa shape index (κ3) is 3.24. The van der Waals surface area contributed by atoms with Gasteiger partial charge in [0.2, 0.25) is 0 Å². The summed E-state index contributed by atoms with van der Waals surface area (Å²) >= 11 is 6.04. The number of ether oxygens (including phenoxy) is 2. The molecule has 0 saturated heterocycles. The third-order valence-corrected chi connectivity index (χ3v) is 3.46. The number of benzene rings is 2. The van der Waals surface area contributed by atoms with Crippen molar-refractivity contribution >= 4 is 11.6 Å². The van der Waals surface area contributed by atoms with Crippen LogP contribution in [0.25, 0.3) is 0 Å². The molecular formula is C16H18ClNO2. The predicted octanol–water partition coefficient (Wildman–Crippen LogP) is 3.60. The Bertz CT molecular complexity index is 586. The lowest BCUT2D eigenvalue weighted by molar-refractivity contribution is 0.401. The summed E-state index contributed by atoms with van der Waals surface area (Å²) < 4.78 is 10.7. The summed E-state index contributed by atoms with van der Waals surface area (Å²) in [6.07, 6.45) is 0.653. The zero-order chi connectivity index (χ0) is 14.5. The minimum absolute atomic E-state index is 0.208. The van der Waals surface area contributed by atoms with Crippen molar-refractivity contribution in [2.24, 2.45) is 5.73 Å². The van der Waals surface area contributed by atoms with Gasteiger partial charge in [0.15, 0.2) is 0 Å². The molecule has 2 rings (SSSR count). The van der Waals surface area contributed by atoms with Crippen molar-refractivity contribution in [1.82, 2.24) is 0 Å². The second-order valence-electron chi connectivity index (χ2n) is 4.51. The minimum atomic E-state index is -0.208. The predicted molar refractivity (Wildman–Crippen MR) is 81.6 cm³/mol. The number of rotatable bonds is 5. The van der Waals surface area contributed by atoms with E-state index in [1.54, 1.807) is 20.3 Å². The molecule has 3 nitrogen and oxygen atoms in total. The molecule has 20 heavy (non-hydrogen) atoms. The Morgan fingerprint density at radius 3 is 2.45 bits per heavy atom. The molecule has 0 aliphatic heterocycles. The first kappa shape index (κ1) is 14.7. The molecule has 1 unspecified atom stereocenters. The Morgan fingerprint density at radius 1 is 1.05 bits per heavy atom. The number of methoxy groups -OCH3 is 2. The van der Waals surface area contributed by atoms with E-state index in [4.69, 9.17) is 26.8 Å². The van der Waals surface area contributed by atoms with Crippen molar-refractivity contribution in [2.45, 2.75) is 12.5 Å². The van der Waals surface area contributed by atoms with Gasteiger partial charge in [-0.25, -0.2) is 0 Å². The fourth-order valence-corrected chi connectivity index (χ4v) is 2.39. The second kappa shape index (κ2) is 6.64. The summed E-state index contributed by atoms with van der Waals surface area (Å²) in [6, 6.07) is 13.1. The number of halogens is 1. The Morgan fingerprint density at radius 2 is 1.75 bits per heavy atom. The average molecular weight is 292 g/mol. The van der Waals surface area contributed by atoms with Gasteiger partial charge in [-0.1, -0.05) is 29.8 Å². The lowest BCUT2D eigenvalue weighted by Crippen LogP contribution is -2.15. The molecule has 0 bridgehead atoms. The number of nitrogens with two attached hydrogens (primary N) is 1. The second-order valence-corrected chi connectivity index (χ2v) is 4.95. The van der Waals surface area contributed by atoms with E-state index in [9.17, 15) is 0 Å². The number of hydrogen-bond acceptors (Lipinski definition) is 3. The molecular weight excluding hydrogens is 274 g/mol. The molecule has 2 aromatic rings. The summed E-state index contributed by atoms with van der Waals surface area (Å²) in [7, 11) is 3.28. The SMILES string of the molecule is COc1ccccc1CC(N)c1cc(Cl)ccc1OC. The van der Waals surface area contributed by atoms with Gasteiger partial charge in [-0.2, -0.15) is 0 Å². The summed E-state index contributed by atoms with van der Waals surface area (Å²) in [5.74, 6) is 1.58. The van der Waals surface area contributed by atoms with Crippen molar-refractivity contribution < 1.29 is 9.47 Å². The third-order valence-electron chi connectivity index (χ3n) is 3.22. The highest BCUT2D eigenvalue weighted by molar-refractivity contribution is 6.30. The van der Waals surface area contributed by atoms with Crippen LogP contribution in [-0.2, 0) is 6.42 Å². The van der Waals surface area contributed by atoms with Crippen LogP contribution in [0, 0.1) is 0 Å². The normalized spacial score (nSPS) is 12.0. The Labute approximate surface area is 124 Å². The van der Waals surface area contributed by atoms with E-state index in [1.807, 2.05) is 36.4 Å². The van der Waals surface area contributed by atoms with Crippen molar-refractivity contribution in [3.63, 3.8) is 0 Å². The topological polar surface area (TPSA) is 44.5 Å². The molecule has 4 heteroatoms. The molecule has 2 aromatic carbocycles. The molecule has 0 amide bonds. The van der Waals surface area contributed by atoms with Crippen molar-refractivity contribution in [1.29, 1.82) is 0 Å². The van der Waals surface area contributed by atoms with Gasteiger partial charge in [0.05, 0.1) is 14.2 Å². The zero-order valence-corrected chi connectivity index (χ0v) is 12.4. The molecule has 106 valence electrons. The van der Waals surface area contributed by atoms with Gasteiger partial charge in [-0.3, -0.25) is 0 Å². The molecule has 0 aliphatic rings. The number of para-hydroxylation sites is 1. The maximum Gasteiger partial charge on any atom is 0.123 e. The fraction of sp³-hybridized carbons (Fsp3) is 0.250. The van der Waals surface area contributed by atoms with Crippen LogP contribution in [0.2, 0.25) is 5.02 Å². The van der Waals surface area contributed by atoms with E-state index in [0.717, 1.165) is 22.6 Å². The number of hydrogen-bond donors (Lipinski definition) is 1.